The highest BCUT2D eigenvalue weighted by Crippen LogP contribution is 2.24. The van der Waals surface area contributed by atoms with Crippen LogP contribution < -0.4 is 10.1 Å². The molecular formula is C17H19ClFNO. The van der Waals surface area contributed by atoms with Crippen LogP contribution in [0.5, 0.6) is 5.75 Å². The van der Waals surface area contributed by atoms with Gasteiger partial charge in [0.25, 0.3) is 0 Å². The molecule has 0 bridgehead atoms. The first-order valence-electron chi connectivity index (χ1n) is 6.83. The summed E-state index contributed by atoms with van der Waals surface area (Å²) < 4.78 is 19.9. The predicted octanol–water partition coefficient (Wildman–Crippen LogP) is 4.44. The van der Waals surface area contributed by atoms with E-state index in [1.165, 1.54) is 0 Å². The van der Waals surface area contributed by atoms with Crippen molar-refractivity contribution in [1.29, 1.82) is 0 Å². The van der Waals surface area contributed by atoms with Gasteiger partial charge in [0.05, 0.1) is 6.04 Å². The van der Waals surface area contributed by atoms with Gasteiger partial charge >= 0.3 is 0 Å². The molecule has 21 heavy (non-hydrogen) atoms. The second-order valence-electron chi connectivity index (χ2n) is 5.08. The van der Waals surface area contributed by atoms with Gasteiger partial charge in [-0.2, -0.15) is 0 Å². The molecule has 2 nitrogen and oxygen atoms in total. The molecular weight excluding hydrogens is 289 g/mol. The van der Waals surface area contributed by atoms with Gasteiger partial charge in [0, 0.05) is 10.6 Å². The van der Waals surface area contributed by atoms with Crippen molar-refractivity contribution in [2.45, 2.75) is 19.9 Å². The van der Waals surface area contributed by atoms with Gasteiger partial charge in [0.2, 0.25) is 0 Å². The van der Waals surface area contributed by atoms with Crippen molar-refractivity contribution < 1.29 is 9.13 Å². The van der Waals surface area contributed by atoms with Crippen LogP contribution in [-0.4, -0.2) is 13.7 Å². The lowest BCUT2D eigenvalue weighted by molar-refractivity contribution is 0.269. The van der Waals surface area contributed by atoms with Crippen molar-refractivity contribution in [1.82, 2.24) is 5.32 Å². The molecule has 0 spiro atoms. The van der Waals surface area contributed by atoms with Crippen LogP contribution in [0, 0.1) is 19.7 Å². The molecule has 1 atom stereocenters. The SMILES string of the molecule is CNC(COc1ccc(Cl)cc1)c1c(C)cc(C)cc1F. The number of likely N-dealkylation sites (N-methyl/N-ethyl adjacent to an activating group) is 1. The maximum Gasteiger partial charge on any atom is 0.128 e. The Balaban J connectivity index is 2.15. The van der Waals surface area contributed by atoms with E-state index in [9.17, 15) is 4.39 Å². The van der Waals surface area contributed by atoms with Crippen molar-refractivity contribution in [3.05, 3.63) is 63.9 Å². The normalized spacial score (nSPS) is 12.2. The lowest BCUT2D eigenvalue weighted by atomic mass is 9.99. The van der Waals surface area contributed by atoms with Crippen LogP contribution >= 0.6 is 11.6 Å². The van der Waals surface area contributed by atoms with Gasteiger partial charge in [0.1, 0.15) is 18.2 Å². The molecule has 0 aliphatic carbocycles. The van der Waals surface area contributed by atoms with Gasteiger partial charge in [-0.05, 0) is 62.4 Å². The van der Waals surface area contributed by atoms with Crippen molar-refractivity contribution >= 4 is 11.6 Å². The fourth-order valence-corrected chi connectivity index (χ4v) is 2.52. The van der Waals surface area contributed by atoms with Gasteiger partial charge in [-0.3, -0.25) is 0 Å². The minimum absolute atomic E-state index is 0.202. The van der Waals surface area contributed by atoms with Crippen LogP contribution in [0.2, 0.25) is 5.02 Å². The minimum Gasteiger partial charge on any atom is -0.492 e. The first kappa shape index (κ1) is 15.8. The summed E-state index contributed by atoms with van der Waals surface area (Å²) in [5, 5.41) is 3.77. The average molecular weight is 308 g/mol. The monoisotopic (exact) mass is 307 g/mol. The molecule has 0 amide bonds. The Bertz CT molecular complexity index is 590. The Hall–Kier alpha value is -1.58. The molecule has 0 heterocycles. The van der Waals surface area contributed by atoms with E-state index in [2.05, 4.69) is 5.32 Å². The van der Waals surface area contributed by atoms with E-state index < -0.39 is 0 Å². The van der Waals surface area contributed by atoms with Crippen LogP contribution in [0.4, 0.5) is 4.39 Å². The average Bonchev–Trinajstić information content (AvgIpc) is 2.43. The fourth-order valence-electron chi connectivity index (χ4n) is 2.39. The summed E-state index contributed by atoms with van der Waals surface area (Å²) in [6, 6.07) is 10.5. The smallest absolute Gasteiger partial charge is 0.128 e. The number of rotatable bonds is 5. The Morgan fingerprint density at radius 3 is 2.43 bits per heavy atom. The molecule has 0 aliphatic heterocycles. The Morgan fingerprint density at radius 2 is 1.86 bits per heavy atom. The number of hydrogen-bond acceptors (Lipinski definition) is 2. The summed E-state index contributed by atoms with van der Waals surface area (Å²) >= 11 is 5.84. The molecule has 0 fully saturated rings. The third-order valence-electron chi connectivity index (χ3n) is 3.41. The van der Waals surface area contributed by atoms with Crippen LogP contribution in [-0.2, 0) is 0 Å². The first-order chi connectivity index (χ1) is 10.0. The zero-order chi connectivity index (χ0) is 15.4. The van der Waals surface area contributed by atoms with E-state index in [1.807, 2.05) is 19.9 Å². The summed E-state index contributed by atoms with van der Waals surface area (Å²) in [7, 11) is 1.80. The molecule has 1 unspecified atom stereocenters. The molecule has 112 valence electrons. The third-order valence-corrected chi connectivity index (χ3v) is 3.66. The number of nitrogens with one attached hydrogen (secondary N) is 1. The number of hydrogen-bond donors (Lipinski definition) is 1. The van der Waals surface area contributed by atoms with E-state index >= 15 is 0 Å². The zero-order valence-electron chi connectivity index (χ0n) is 12.4. The molecule has 1 N–H and O–H groups in total. The van der Waals surface area contributed by atoms with Gasteiger partial charge in [-0.1, -0.05) is 17.7 Å². The topological polar surface area (TPSA) is 21.3 Å². The number of halogens is 2. The van der Waals surface area contributed by atoms with Gasteiger partial charge in [0.15, 0.2) is 0 Å². The molecule has 0 saturated heterocycles. The maximum absolute atomic E-state index is 14.2. The largest absolute Gasteiger partial charge is 0.492 e. The summed E-state index contributed by atoms with van der Waals surface area (Å²) in [5.74, 6) is 0.511. The van der Waals surface area contributed by atoms with Crippen LogP contribution in [0.25, 0.3) is 0 Å². The second kappa shape index (κ2) is 6.92. The Kier molecular flexibility index (Phi) is 5.21. The highest BCUT2D eigenvalue weighted by Gasteiger charge is 2.18. The van der Waals surface area contributed by atoms with Crippen LogP contribution in [0.1, 0.15) is 22.7 Å². The highest BCUT2D eigenvalue weighted by molar-refractivity contribution is 6.30. The van der Waals surface area contributed by atoms with Crippen molar-refractivity contribution in [3.8, 4) is 5.75 Å². The van der Waals surface area contributed by atoms with Crippen molar-refractivity contribution in [2.24, 2.45) is 0 Å². The van der Waals surface area contributed by atoms with Crippen LogP contribution in [0.3, 0.4) is 0 Å². The number of benzene rings is 2. The molecule has 0 saturated carbocycles. The minimum atomic E-state index is -0.207. The molecule has 2 aromatic rings. The van der Waals surface area contributed by atoms with Crippen molar-refractivity contribution in [2.75, 3.05) is 13.7 Å². The van der Waals surface area contributed by atoms with E-state index in [1.54, 1.807) is 37.4 Å². The molecule has 0 aliphatic rings. The second-order valence-corrected chi connectivity index (χ2v) is 5.52. The van der Waals surface area contributed by atoms with Crippen LogP contribution in [0.15, 0.2) is 36.4 Å². The summed E-state index contributed by atoms with van der Waals surface area (Å²) in [6.07, 6.45) is 0. The Labute approximate surface area is 129 Å². The van der Waals surface area contributed by atoms with E-state index in [0.29, 0.717) is 22.9 Å². The van der Waals surface area contributed by atoms with Gasteiger partial charge < -0.3 is 10.1 Å². The standard InChI is InChI=1S/C17H19ClFNO/c1-11-8-12(2)17(15(19)9-11)16(20-3)10-21-14-6-4-13(18)5-7-14/h4-9,16,20H,10H2,1-3H3. The van der Waals surface area contributed by atoms with E-state index in [-0.39, 0.29) is 11.9 Å². The van der Waals surface area contributed by atoms with E-state index in [0.717, 1.165) is 11.1 Å². The Morgan fingerprint density at radius 1 is 1.19 bits per heavy atom. The zero-order valence-corrected chi connectivity index (χ0v) is 13.2. The summed E-state index contributed by atoms with van der Waals surface area (Å²) in [6.45, 7) is 4.15. The molecule has 2 aromatic carbocycles. The third kappa shape index (κ3) is 3.96. The predicted molar refractivity (Wildman–Crippen MR) is 84.6 cm³/mol. The van der Waals surface area contributed by atoms with Gasteiger partial charge in [-0.15, -0.1) is 0 Å². The fraction of sp³-hybridized carbons (Fsp3) is 0.294. The molecule has 4 heteroatoms. The maximum atomic E-state index is 14.2. The summed E-state index contributed by atoms with van der Waals surface area (Å²) in [4.78, 5) is 0. The molecule has 2 rings (SSSR count). The number of aryl methyl sites for hydroxylation is 2. The van der Waals surface area contributed by atoms with E-state index in [4.69, 9.17) is 16.3 Å². The lowest BCUT2D eigenvalue weighted by Crippen LogP contribution is -2.25. The summed E-state index contributed by atoms with van der Waals surface area (Å²) in [5.41, 5.74) is 2.49. The quantitative estimate of drug-likeness (QED) is 0.882. The lowest BCUT2D eigenvalue weighted by Gasteiger charge is -2.20. The molecule has 0 radical (unpaired) electrons. The highest BCUT2D eigenvalue weighted by atomic mass is 35.5. The number of ether oxygens (including phenoxy) is 1. The first-order valence-corrected chi connectivity index (χ1v) is 7.21. The van der Waals surface area contributed by atoms with Crippen molar-refractivity contribution in [3.63, 3.8) is 0 Å². The molecule has 0 aromatic heterocycles. The van der Waals surface area contributed by atoms with Gasteiger partial charge in [-0.25, -0.2) is 4.39 Å².